The molecule has 0 fully saturated rings. The topological polar surface area (TPSA) is 83.7 Å². The maximum atomic E-state index is 14.5. The van der Waals surface area contributed by atoms with E-state index in [9.17, 15) is 13.6 Å². The lowest BCUT2D eigenvalue weighted by atomic mass is 10.0. The Kier molecular flexibility index (Phi) is 7.69. The quantitative estimate of drug-likeness (QED) is 0.285. The number of nitrogens with two attached hydrogens (primary N) is 1. The SMILES string of the molecule is CCOC(=O)C(Oc1nc(Oc2cccc(-c3cccc(CN)c3)c2)c(F)cc1F)c1ccsc1. The highest BCUT2D eigenvalue weighted by atomic mass is 32.1. The number of carbonyl (C=O) groups is 1. The molecule has 1 unspecified atom stereocenters. The van der Waals surface area contributed by atoms with Gasteiger partial charge in [-0.3, -0.25) is 0 Å². The van der Waals surface area contributed by atoms with E-state index < -0.39 is 35.5 Å². The zero-order chi connectivity index (χ0) is 24.8. The van der Waals surface area contributed by atoms with Gasteiger partial charge in [0.25, 0.3) is 11.8 Å². The molecule has 0 radical (unpaired) electrons. The molecule has 180 valence electrons. The molecule has 0 spiro atoms. The molecule has 6 nitrogen and oxygen atoms in total. The van der Waals surface area contributed by atoms with Crippen molar-refractivity contribution in [1.82, 2.24) is 4.98 Å². The van der Waals surface area contributed by atoms with E-state index in [1.165, 1.54) is 11.3 Å². The number of hydrogen-bond acceptors (Lipinski definition) is 7. The maximum Gasteiger partial charge on any atom is 0.352 e. The fraction of sp³-hybridized carbons (Fsp3) is 0.154. The van der Waals surface area contributed by atoms with Crippen LogP contribution in [0.4, 0.5) is 8.78 Å². The molecule has 2 aromatic heterocycles. The molecule has 2 aromatic carbocycles. The van der Waals surface area contributed by atoms with Crippen molar-refractivity contribution in [3.63, 3.8) is 0 Å². The Morgan fingerprint density at radius 2 is 1.77 bits per heavy atom. The minimum atomic E-state index is -1.26. The molecule has 4 rings (SSSR count). The molecule has 1 atom stereocenters. The van der Waals surface area contributed by atoms with Crippen LogP contribution in [0.25, 0.3) is 11.1 Å². The molecule has 0 amide bonds. The number of rotatable bonds is 9. The Hall–Kier alpha value is -3.82. The number of nitrogens with zero attached hydrogens (tertiary/aromatic N) is 1. The van der Waals surface area contributed by atoms with Crippen molar-refractivity contribution in [3.8, 4) is 28.6 Å². The number of thiophene rings is 1. The summed E-state index contributed by atoms with van der Waals surface area (Å²) in [5.41, 5.74) is 8.88. The van der Waals surface area contributed by atoms with Gasteiger partial charge in [-0.1, -0.05) is 30.3 Å². The van der Waals surface area contributed by atoms with Crippen LogP contribution in [0.3, 0.4) is 0 Å². The van der Waals surface area contributed by atoms with E-state index in [-0.39, 0.29) is 12.4 Å². The van der Waals surface area contributed by atoms with Gasteiger partial charge in [0.2, 0.25) is 6.10 Å². The molecule has 2 heterocycles. The summed E-state index contributed by atoms with van der Waals surface area (Å²) in [6.45, 7) is 2.16. The third-order valence-corrected chi connectivity index (χ3v) is 5.69. The van der Waals surface area contributed by atoms with Gasteiger partial charge in [0, 0.05) is 18.2 Å². The van der Waals surface area contributed by atoms with Gasteiger partial charge in [0.1, 0.15) is 5.75 Å². The normalized spacial score (nSPS) is 11.7. The minimum absolute atomic E-state index is 0.112. The standard InChI is InChI=1S/C26H22F2N2O4S/c1-2-32-26(31)23(19-9-10-35-15-19)34-25-22(28)13-21(27)24(30-25)33-20-8-4-7-18(12-20)17-6-3-5-16(11-17)14-29/h3-13,15,23H,2,14,29H2,1H3. The highest BCUT2D eigenvalue weighted by Gasteiger charge is 2.27. The summed E-state index contributed by atoms with van der Waals surface area (Å²) in [6, 6.07) is 16.9. The van der Waals surface area contributed by atoms with Crippen LogP contribution in [-0.2, 0) is 16.1 Å². The largest absolute Gasteiger partial charge is 0.463 e. The van der Waals surface area contributed by atoms with Crippen LogP contribution in [-0.4, -0.2) is 17.6 Å². The number of carbonyl (C=O) groups excluding carboxylic acids is 1. The van der Waals surface area contributed by atoms with E-state index >= 15 is 0 Å². The molecule has 0 saturated carbocycles. The van der Waals surface area contributed by atoms with Crippen molar-refractivity contribution in [2.75, 3.05) is 6.61 Å². The molecule has 0 aliphatic heterocycles. The molecule has 9 heteroatoms. The van der Waals surface area contributed by atoms with Crippen LogP contribution in [0, 0.1) is 11.6 Å². The summed E-state index contributed by atoms with van der Waals surface area (Å²) in [7, 11) is 0. The van der Waals surface area contributed by atoms with E-state index in [2.05, 4.69) is 4.98 Å². The highest BCUT2D eigenvalue weighted by molar-refractivity contribution is 7.08. The second kappa shape index (κ2) is 11.1. The molecule has 0 aliphatic carbocycles. The van der Waals surface area contributed by atoms with Crippen molar-refractivity contribution in [3.05, 3.63) is 94.2 Å². The first-order valence-electron chi connectivity index (χ1n) is 10.8. The number of pyridine rings is 1. The van der Waals surface area contributed by atoms with Crippen LogP contribution in [0.5, 0.6) is 17.5 Å². The van der Waals surface area contributed by atoms with Crippen LogP contribution < -0.4 is 15.2 Å². The summed E-state index contributed by atoms with van der Waals surface area (Å²) in [5.74, 6) is -3.62. The summed E-state index contributed by atoms with van der Waals surface area (Å²) >= 11 is 1.33. The molecule has 2 N–H and O–H groups in total. The number of halogens is 2. The van der Waals surface area contributed by atoms with Gasteiger partial charge in [-0.25, -0.2) is 13.6 Å². The second-order valence-corrected chi connectivity index (χ2v) is 8.18. The summed E-state index contributed by atoms with van der Waals surface area (Å²) < 4.78 is 45.3. The fourth-order valence-corrected chi connectivity index (χ4v) is 4.00. The smallest absolute Gasteiger partial charge is 0.352 e. The number of aromatic nitrogens is 1. The van der Waals surface area contributed by atoms with E-state index in [4.69, 9.17) is 19.9 Å². The van der Waals surface area contributed by atoms with Crippen molar-refractivity contribution in [2.24, 2.45) is 5.73 Å². The van der Waals surface area contributed by atoms with E-state index in [0.29, 0.717) is 18.2 Å². The molecule has 0 bridgehead atoms. The first-order chi connectivity index (χ1) is 17.0. The van der Waals surface area contributed by atoms with E-state index in [0.717, 1.165) is 16.7 Å². The van der Waals surface area contributed by atoms with Crippen LogP contribution in [0.15, 0.2) is 71.4 Å². The predicted octanol–water partition coefficient (Wildman–Crippen LogP) is 6.02. The van der Waals surface area contributed by atoms with Crippen molar-refractivity contribution in [2.45, 2.75) is 19.6 Å². The Morgan fingerprint density at radius 1 is 1.03 bits per heavy atom. The first kappa shape index (κ1) is 24.3. The van der Waals surface area contributed by atoms with Gasteiger partial charge >= 0.3 is 5.97 Å². The van der Waals surface area contributed by atoms with E-state index in [1.807, 2.05) is 30.3 Å². The van der Waals surface area contributed by atoms with Crippen LogP contribution >= 0.6 is 11.3 Å². The second-order valence-electron chi connectivity index (χ2n) is 7.40. The third kappa shape index (κ3) is 5.82. The Balaban J connectivity index is 1.62. The molecule has 4 aromatic rings. The third-order valence-electron chi connectivity index (χ3n) is 4.99. The predicted molar refractivity (Wildman–Crippen MR) is 128 cm³/mol. The number of benzene rings is 2. The maximum absolute atomic E-state index is 14.5. The van der Waals surface area contributed by atoms with Crippen molar-refractivity contribution in [1.29, 1.82) is 0 Å². The molecular formula is C26H22F2N2O4S. The molecule has 35 heavy (non-hydrogen) atoms. The molecular weight excluding hydrogens is 474 g/mol. The Morgan fingerprint density at radius 3 is 2.49 bits per heavy atom. The molecule has 0 saturated heterocycles. The zero-order valence-corrected chi connectivity index (χ0v) is 19.6. The van der Waals surface area contributed by atoms with Gasteiger partial charge in [-0.15, -0.1) is 0 Å². The summed E-state index contributed by atoms with van der Waals surface area (Å²) in [5, 5.41) is 3.41. The van der Waals surface area contributed by atoms with Gasteiger partial charge in [0.15, 0.2) is 11.6 Å². The lowest BCUT2D eigenvalue weighted by Crippen LogP contribution is -2.22. The Bertz CT molecular complexity index is 1310. The summed E-state index contributed by atoms with van der Waals surface area (Å²) in [4.78, 5) is 16.3. The lowest BCUT2D eigenvalue weighted by Gasteiger charge is -2.17. The van der Waals surface area contributed by atoms with Crippen LogP contribution in [0.1, 0.15) is 24.2 Å². The minimum Gasteiger partial charge on any atom is -0.463 e. The molecule has 0 aliphatic rings. The van der Waals surface area contributed by atoms with Crippen molar-refractivity contribution < 1.29 is 27.8 Å². The average Bonchev–Trinajstić information content (AvgIpc) is 3.40. The lowest BCUT2D eigenvalue weighted by molar-refractivity contribution is -0.152. The number of ether oxygens (including phenoxy) is 3. The zero-order valence-electron chi connectivity index (χ0n) is 18.7. The average molecular weight is 497 g/mol. The number of hydrogen-bond donors (Lipinski definition) is 1. The van der Waals surface area contributed by atoms with Gasteiger partial charge in [-0.05, 0) is 58.6 Å². The van der Waals surface area contributed by atoms with Gasteiger partial charge in [0.05, 0.1) is 6.61 Å². The first-order valence-corrected chi connectivity index (χ1v) is 11.7. The highest BCUT2D eigenvalue weighted by Crippen LogP contribution is 2.32. The van der Waals surface area contributed by atoms with Gasteiger partial charge in [-0.2, -0.15) is 16.3 Å². The Labute approximate surface area is 204 Å². The fourth-order valence-electron chi connectivity index (χ4n) is 3.32. The summed E-state index contributed by atoms with van der Waals surface area (Å²) in [6.07, 6.45) is -1.26. The van der Waals surface area contributed by atoms with Gasteiger partial charge < -0.3 is 19.9 Å². The number of esters is 1. The van der Waals surface area contributed by atoms with Crippen molar-refractivity contribution >= 4 is 17.3 Å². The monoisotopic (exact) mass is 496 g/mol. The van der Waals surface area contributed by atoms with E-state index in [1.54, 1.807) is 41.9 Å². The van der Waals surface area contributed by atoms with Crippen LogP contribution in [0.2, 0.25) is 0 Å².